The zero-order valence-corrected chi connectivity index (χ0v) is 15.5. The summed E-state index contributed by atoms with van der Waals surface area (Å²) in [5.41, 5.74) is 8.38. The van der Waals surface area contributed by atoms with Gasteiger partial charge in [-0.3, -0.25) is 9.98 Å². The van der Waals surface area contributed by atoms with Crippen molar-refractivity contribution in [3.8, 4) is 0 Å². The van der Waals surface area contributed by atoms with Crippen LogP contribution in [-0.2, 0) is 0 Å². The lowest BCUT2D eigenvalue weighted by atomic mass is 9.60. The van der Waals surface area contributed by atoms with Crippen molar-refractivity contribution in [2.75, 3.05) is 0 Å². The Morgan fingerprint density at radius 2 is 1.14 bits per heavy atom. The van der Waals surface area contributed by atoms with Gasteiger partial charge in [0, 0.05) is 16.3 Å². The lowest BCUT2D eigenvalue weighted by molar-refractivity contribution is 1.18. The molecule has 0 aliphatic heterocycles. The molecule has 29 heavy (non-hydrogen) atoms. The zero-order valence-electron chi connectivity index (χ0n) is 15.5. The smallest absolute Gasteiger partial charge is 0.229 e. The van der Waals surface area contributed by atoms with Gasteiger partial charge in [-0.2, -0.15) is 4.99 Å². The molecule has 0 bridgehead atoms. The monoisotopic (exact) mass is 362 g/mol. The highest BCUT2D eigenvalue weighted by Gasteiger charge is 2.16. The summed E-state index contributed by atoms with van der Waals surface area (Å²) >= 11 is 0. The summed E-state index contributed by atoms with van der Waals surface area (Å²) in [6.07, 6.45) is 0. The molecule has 4 aromatic rings. The molecule has 3 aromatic carbocycles. The maximum atomic E-state index is 8.61. The van der Waals surface area contributed by atoms with E-state index in [0.29, 0.717) is 0 Å². The van der Waals surface area contributed by atoms with Crippen LogP contribution in [0.25, 0.3) is 21.8 Å². The van der Waals surface area contributed by atoms with Crippen LogP contribution in [0, 0.1) is 5.41 Å². The van der Waals surface area contributed by atoms with Gasteiger partial charge in [0.2, 0.25) is 5.96 Å². The lowest BCUT2D eigenvalue weighted by Crippen LogP contribution is -2.57. The summed E-state index contributed by atoms with van der Waals surface area (Å²) in [4.78, 5) is 4.25. The molecule has 0 atom stereocenters. The van der Waals surface area contributed by atoms with Crippen LogP contribution in [-0.4, -0.2) is 55.6 Å². The van der Waals surface area contributed by atoms with Gasteiger partial charge in [-0.05, 0) is 12.1 Å². The lowest BCUT2D eigenvalue weighted by Gasteiger charge is -2.20. The minimum Gasteiger partial charge on any atom is -0.383 e. The van der Waals surface area contributed by atoms with Crippen LogP contribution in [0.5, 0.6) is 0 Å². The molecule has 0 aliphatic rings. The van der Waals surface area contributed by atoms with E-state index in [1.165, 1.54) is 0 Å². The largest absolute Gasteiger partial charge is 0.383 e. The molecule has 126 valence electrons. The molecule has 0 aliphatic carbocycles. The van der Waals surface area contributed by atoms with E-state index < -0.39 is 0 Å². The summed E-state index contributed by atoms with van der Waals surface area (Å²) in [5, 5.41) is 10.6. The van der Waals surface area contributed by atoms with Crippen LogP contribution >= 0.6 is 0 Å². The fraction of sp³-hybridized carbons (Fsp3) is 0. The molecule has 0 spiro atoms. The number of nitrogens with two attached hydrogens (primary N) is 1. The van der Waals surface area contributed by atoms with Crippen molar-refractivity contribution in [2.45, 2.75) is 0 Å². The van der Waals surface area contributed by atoms with Crippen molar-refractivity contribution >= 4 is 100 Å². The third-order valence-electron chi connectivity index (χ3n) is 4.97. The van der Waals surface area contributed by atoms with E-state index in [2.05, 4.69) is 4.99 Å². The number of fused-ring (bicyclic) bond motifs is 3. The quantitative estimate of drug-likeness (QED) is 0.229. The average molecular weight is 361 g/mol. The molecule has 1 heterocycles. The Bertz CT molecular complexity index is 1260. The van der Waals surface area contributed by atoms with Crippen molar-refractivity contribution in [2.24, 2.45) is 10.7 Å². The van der Waals surface area contributed by atoms with E-state index in [9.17, 15) is 0 Å². The minimum absolute atomic E-state index is 0.0745. The highest BCUT2D eigenvalue weighted by atomic mass is 15.2. The Kier molecular flexibility index (Phi) is 4.69. The van der Waals surface area contributed by atoms with Gasteiger partial charge in [0.25, 0.3) is 0 Å². The molecule has 9 heteroatoms. The number of nitrogens with one attached hydrogen (secondary N) is 1. The molecule has 0 fully saturated rings. The van der Waals surface area contributed by atoms with E-state index in [1.807, 2.05) is 48.5 Å². The molecule has 0 amide bonds. The van der Waals surface area contributed by atoms with Crippen molar-refractivity contribution in [1.29, 1.82) is 5.41 Å². The topological polar surface area (TPSA) is 67.2 Å². The fourth-order valence-electron chi connectivity index (χ4n) is 3.50. The van der Waals surface area contributed by atoms with E-state index >= 15 is 0 Å². The van der Waals surface area contributed by atoms with Gasteiger partial charge in [0.1, 0.15) is 45.1 Å². The fourth-order valence-corrected chi connectivity index (χ4v) is 3.50. The Balaban J connectivity index is 1.92. The first-order valence-electron chi connectivity index (χ1n) is 8.75. The van der Waals surface area contributed by atoms with Crippen LogP contribution in [0.3, 0.4) is 0 Å². The number of aromatic nitrogens is 1. The van der Waals surface area contributed by atoms with Crippen LogP contribution in [0.2, 0.25) is 0 Å². The second-order valence-corrected chi connectivity index (χ2v) is 6.63. The van der Waals surface area contributed by atoms with Gasteiger partial charge < -0.3 is 5.73 Å². The maximum absolute atomic E-state index is 8.61. The van der Waals surface area contributed by atoms with E-state index in [4.69, 9.17) is 50.4 Å². The number of rotatable bonds is 1. The van der Waals surface area contributed by atoms with Crippen molar-refractivity contribution in [3.63, 3.8) is 0 Å². The first-order chi connectivity index (χ1) is 13.8. The zero-order chi connectivity index (χ0) is 20.9. The highest BCUT2D eigenvalue weighted by Crippen LogP contribution is 2.28. The third kappa shape index (κ3) is 2.92. The van der Waals surface area contributed by atoms with Crippen molar-refractivity contribution in [3.05, 3.63) is 54.1 Å². The maximum Gasteiger partial charge on any atom is 0.229 e. The number of amidine groups is 1. The van der Waals surface area contributed by atoms with Gasteiger partial charge in [0.05, 0.1) is 11.0 Å². The molecule has 4 nitrogen and oxygen atoms in total. The second-order valence-electron chi connectivity index (χ2n) is 6.63. The Morgan fingerprint density at radius 1 is 0.724 bits per heavy atom. The van der Waals surface area contributed by atoms with E-state index in [1.54, 1.807) is 4.57 Å². The summed E-state index contributed by atoms with van der Waals surface area (Å²) in [7, 11) is 29.7. The molecule has 0 saturated heterocycles. The van der Waals surface area contributed by atoms with Gasteiger partial charge in [-0.15, -0.1) is 16.4 Å². The van der Waals surface area contributed by atoms with E-state index in [-0.39, 0.29) is 44.7 Å². The number of hydrogen-bond acceptors (Lipinski definition) is 1. The van der Waals surface area contributed by atoms with Gasteiger partial charge in [0.15, 0.2) is 0 Å². The van der Waals surface area contributed by atoms with Gasteiger partial charge in [-0.25, -0.2) is 0 Å². The molecular formula is C20H11B5N4. The molecular weight excluding hydrogens is 350 g/mol. The predicted molar refractivity (Wildman–Crippen MR) is 127 cm³/mol. The standard InChI is InChI=1S/C20H11B5N4/c21-14-13(15(22)17(24)18(25)16(14)23)19(26)28-20(27)29-11-7-3-1-5-9(11)10-6-2-4-8-12(10)29/h1-8H,(H3,26,27,28). The summed E-state index contributed by atoms with van der Waals surface area (Å²) in [6.45, 7) is 0. The van der Waals surface area contributed by atoms with Gasteiger partial charge in [-0.1, -0.05) is 47.3 Å². The Morgan fingerprint density at radius 3 is 1.62 bits per heavy atom. The normalized spacial score (nSPS) is 11.9. The highest BCUT2D eigenvalue weighted by molar-refractivity contribution is 6.68. The third-order valence-corrected chi connectivity index (χ3v) is 4.97. The predicted octanol–water partition coefficient (Wildman–Crippen LogP) is -2.05. The van der Waals surface area contributed by atoms with Crippen LogP contribution in [0.4, 0.5) is 0 Å². The molecule has 0 saturated carbocycles. The molecule has 0 unspecified atom stereocenters. The first kappa shape index (κ1) is 19.3. The Labute approximate surface area is 175 Å². The van der Waals surface area contributed by atoms with Crippen LogP contribution < -0.4 is 33.0 Å². The molecule has 3 N–H and O–H groups in total. The summed E-state index contributed by atoms with van der Waals surface area (Å²) in [6, 6.07) is 15.5. The van der Waals surface area contributed by atoms with Gasteiger partial charge >= 0.3 is 0 Å². The first-order valence-corrected chi connectivity index (χ1v) is 8.75. The molecule has 1 aromatic heterocycles. The second kappa shape index (κ2) is 7.07. The molecule has 10 radical (unpaired) electrons. The number of benzene rings is 3. The summed E-state index contributed by atoms with van der Waals surface area (Å²) < 4.78 is 1.70. The van der Waals surface area contributed by atoms with Crippen molar-refractivity contribution < 1.29 is 0 Å². The van der Waals surface area contributed by atoms with Crippen LogP contribution in [0.1, 0.15) is 5.56 Å². The summed E-state index contributed by atoms with van der Waals surface area (Å²) in [5.74, 6) is -0.182. The Hall–Kier alpha value is -3.08. The number of nitrogens with zero attached hydrogens (tertiary/aromatic N) is 2. The molecule has 4 rings (SSSR count). The number of para-hydroxylation sites is 2. The van der Waals surface area contributed by atoms with Crippen LogP contribution in [0.15, 0.2) is 53.5 Å². The number of hydrogen-bond donors (Lipinski definition) is 2. The SMILES string of the molecule is [B]c1c([B])c([B])c(C(N)=NC(=N)n2c3ccccc3c3ccccc32)c([B])c1[B]. The van der Waals surface area contributed by atoms with E-state index in [0.717, 1.165) is 21.8 Å². The number of aliphatic imine (C=N–C) groups is 1. The van der Waals surface area contributed by atoms with Crippen molar-refractivity contribution in [1.82, 2.24) is 4.57 Å². The average Bonchev–Trinajstić information content (AvgIpc) is 3.05. The minimum atomic E-state index is -0.104.